The van der Waals surface area contributed by atoms with Crippen molar-refractivity contribution in [3.63, 3.8) is 0 Å². The third-order valence-corrected chi connectivity index (χ3v) is 7.71. The molecule has 2 aliphatic rings. The SMILES string of the molecule is Cl.ClC1(c2ccc3c(c2)CNCc2nncn2-3)CCC(c2cccc3ccccc23)CC1. The van der Waals surface area contributed by atoms with E-state index in [0.717, 1.165) is 50.3 Å². The summed E-state index contributed by atoms with van der Waals surface area (Å²) in [6.45, 7) is 1.54. The van der Waals surface area contributed by atoms with Gasteiger partial charge in [-0.05, 0) is 65.1 Å². The van der Waals surface area contributed by atoms with Crippen molar-refractivity contribution < 1.29 is 0 Å². The van der Waals surface area contributed by atoms with Gasteiger partial charge in [-0.15, -0.1) is 34.2 Å². The van der Waals surface area contributed by atoms with E-state index in [-0.39, 0.29) is 17.3 Å². The van der Waals surface area contributed by atoms with Crippen LogP contribution in [0.4, 0.5) is 0 Å². The van der Waals surface area contributed by atoms with E-state index >= 15 is 0 Å². The fraction of sp³-hybridized carbons (Fsp3) is 0.308. The van der Waals surface area contributed by atoms with Crippen LogP contribution < -0.4 is 5.32 Å². The molecule has 1 saturated carbocycles. The van der Waals surface area contributed by atoms with Crippen molar-refractivity contribution in [2.24, 2.45) is 0 Å². The highest BCUT2D eigenvalue weighted by Gasteiger charge is 2.36. The van der Waals surface area contributed by atoms with Crippen LogP contribution in [0.1, 0.15) is 54.1 Å². The molecule has 0 unspecified atom stereocenters. The second kappa shape index (κ2) is 8.51. The van der Waals surface area contributed by atoms with Gasteiger partial charge in [-0.1, -0.05) is 54.6 Å². The highest BCUT2D eigenvalue weighted by molar-refractivity contribution is 6.24. The van der Waals surface area contributed by atoms with E-state index in [9.17, 15) is 0 Å². The average Bonchev–Trinajstić information content (AvgIpc) is 3.20. The Morgan fingerprint density at radius 3 is 2.66 bits per heavy atom. The molecule has 1 aliphatic heterocycles. The quantitative estimate of drug-likeness (QED) is 0.357. The van der Waals surface area contributed by atoms with E-state index in [4.69, 9.17) is 11.6 Å². The summed E-state index contributed by atoms with van der Waals surface area (Å²) in [5, 5.41) is 14.5. The minimum Gasteiger partial charge on any atom is -0.306 e. The normalized spacial score (nSPS) is 22.5. The number of fused-ring (bicyclic) bond motifs is 4. The molecule has 0 spiro atoms. The molecule has 32 heavy (non-hydrogen) atoms. The van der Waals surface area contributed by atoms with Crippen LogP contribution in [0.5, 0.6) is 0 Å². The van der Waals surface area contributed by atoms with E-state index in [1.807, 2.05) is 0 Å². The van der Waals surface area contributed by atoms with Gasteiger partial charge in [-0.2, -0.15) is 0 Å². The van der Waals surface area contributed by atoms with Gasteiger partial charge in [-0.25, -0.2) is 0 Å². The van der Waals surface area contributed by atoms with Gasteiger partial charge in [0.2, 0.25) is 0 Å². The summed E-state index contributed by atoms with van der Waals surface area (Å²) in [6.07, 6.45) is 6.01. The van der Waals surface area contributed by atoms with Crippen molar-refractivity contribution in [1.29, 1.82) is 0 Å². The monoisotopic (exact) mass is 464 g/mol. The van der Waals surface area contributed by atoms with Crippen molar-refractivity contribution >= 4 is 34.8 Å². The van der Waals surface area contributed by atoms with E-state index in [0.29, 0.717) is 5.92 Å². The van der Waals surface area contributed by atoms with Gasteiger partial charge in [0.15, 0.2) is 5.82 Å². The maximum Gasteiger partial charge on any atom is 0.151 e. The van der Waals surface area contributed by atoms with Crippen molar-refractivity contribution in [1.82, 2.24) is 20.1 Å². The maximum atomic E-state index is 7.28. The number of hydrogen-bond acceptors (Lipinski definition) is 3. The third kappa shape index (κ3) is 3.61. The molecule has 0 amide bonds. The summed E-state index contributed by atoms with van der Waals surface area (Å²) >= 11 is 7.28. The van der Waals surface area contributed by atoms with Crippen LogP contribution >= 0.6 is 24.0 Å². The van der Waals surface area contributed by atoms with Gasteiger partial charge in [0.1, 0.15) is 6.33 Å². The highest BCUT2D eigenvalue weighted by atomic mass is 35.5. The molecule has 0 bridgehead atoms. The highest BCUT2D eigenvalue weighted by Crippen LogP contribution is 2.49. The maximum absolute atomic E-state index is 7.28. The zero-order valence-electron chi connectivity index (χ0n) is 17.8. The minimum absolute atomic E-state index is 0. The molecule has 164 valence electrons. The Balaban J connectivity index is 0.00000216. The lowest BCUT2D eigenvalue weighted by Crippen LogP contribution is -2.26. The Labute approximate surface area is 199 Å². The van der Waals surface area contributed by atoms with E-state index in [1.54, 1.807) is 6.33 Å². The largest absolute Gasteiger partial charge is 0.306 e. The molecule has 1 aliphatic carbocycles. The van der Waals surface area contributed by atoms with Gasteiger partial charge < -0.3 is 5.32 Å². The van der Waals surface area contributed by atoms with Gasteiger partial charge in [-0.3, -0.25) is 4.57 Å². The zero-order chi connectivity index (χ0) is 20.8. The molecule has 0 radical (unpaired) electrons. The van der Waals surface area contributed by atoms with E-state index in [1.165, 1.54) is 27.5 Å². The van der Waals surface area contributed by atoms with Crippen LogP contribution in [0.3, 0.4) is 0 Å². The number of alkyl halides is 1. The molecular formula is C26H26Cl2N4. The van der Waals surface area contributed by atoms with Gasteiger partial charge >= 0.3 is 0 Å². The Kier molecular flexibility index (Phi) is 5.70. The third-order valence-electron chi connectivity index (χ3n) is 7.11. The number of hydrogen-bond donors (Lipinski definition) is 1. The van der Waals surface area contributed by atoms with Crippen LogP contribution in [-0.2, 0) is 18.0 Å². The lowest BCUT2D eigenvalue weighted by Gasteiger charge is -2.36. The first kappa shape index (κ1) is 21.4. The average molecular weight is 465 g/mol. The molecule has 0 atom stereocenters. The lowest BCUT2D eigenvalue weighted by atomic mass is 9.74. The second-order valence-electron chi connectivity index (χ2n) is 8.87. The molecule has 6 heteroatoms. The number of nitrogens with one attached hydrogen (secondary N) is 1. The molecule has 0 saturated heterocycles. The predicted molar refractivity (Wildman–Crippen MR) is 132 cm³/mol. The summed E-state index contributed by atoms with van der Waals surface area (Å²) < 4.78 is 2.08. The standard InChI is InChI=1S/C26H25ClN4.ClH/c27-26(21-8-9-24-20(14-21)15-28-16-25-30-29-17-31(24)25)12-10-19(11-13-26)23-7-3-5-18-4-1-2-6-22(18)23;/h1-9,14,17,19,28H,10-13,15-16H2;1H. The number of aromatic nitrogens is 3. The van der Waals surface area contributed by atoms with Crippen molar-refractivity contribution in [3.8, 4) is 5.69 Å². The summed E-state index contributed by atoms with van der Waals surface area (Å²) in [7, 11) is 0. The topological polar surface area (TPSA) is 42.7 Å². The van der Waals surface area contributed by atoms with Crippen molar-refractivity contribution in [2.75, 3.05) is 0 Å². The van der Waals surface area contributed by atoms with Gasteiger partial charge in [0.25, 0.3) is 0 Å². The summed E-state index contributed by atoms with van der Waals surface area (Å²) in [4.78, 5) is -0.293. The molecule has 3 aromatic carbocycles. The Morgan fingerprint density at radius 2 is 1.78 bits per heavy atom. The van der Waals surface area contributed by atoms with Crippen LogP contribution in [0.2, 0.25) is 0 Å². The number of nitrogens with zero attached hydrogens (tertiary/aromatic N) is 3. The van der Waals surface area contributed by atoms with Gasteiger partial charge in [0.05, 0.1) is 17.1 Å². The van der Waals surface area contributed by atoms with Crippen molar-refractivity contribution in [3.05, 3.63) is 89.5 Å². The number of rotatable bonds is 2. The van der Waals surface area contributed by atoms with E-state index in [2.05, 4.69) is 80.7 Å². The number of halogens is 2. The lowest BCUT2D eigenvalue weighted by molar-refractivity contribution is 0.360. The zero-order valence-corrected chi connectivity index (χ0v) is 19.4. The summed E-state index contributed by atoms with van der Waals surface area (Å²) in [5.41, 5.74) is 5.12. The Hall–Kier alpha value is -2.40. The fourth-order valence-electron chi connectivity index (χ4n) is 5.41. The Bertz CT molecular complexity index is 1250. The first-order valence-electron chi connectivity index (χ1n) is 11.1. The van der Waals surface area contributed by atoms with Crippen molar-refractivity contribution in [2.45, 2.75) is 49.6 Å². The molecular weight excluding hydrogens is 439 g/mol. The van der Waals surface area contributed by atoms with E-state index < -0.39 is 0 Å². The van der Waals surface area contributed by atoms with Crippen LogP contribution in [-0.4, -0.2) is 14.8 Å². The molecule has 6 rings (SSSR count). The molecule has 1 aromatic heterocycles. The summed E-state index contributed by atoms with van der Waals surface area (Å²) in [5.74, 6) is 1.52. The molecule has 2 heterocycles. The van der Waals surface area contributed by atoms with Gasteiger partial charge in [0, 0.05) is 6.54 Å². The molecule has 1 N–H and O–H groups in total. The fourth-order valence-corrected chi connectivity index (χ4v) is 5.75. The Morgan fingerprint density at radius 1 is 0.969 bits per heavy atom. The first-order valence-corrected chi connectivity index (χ1v) is 11.5. The number of benzene rings is 3. The molecule has 1 fully saturated rings. The van der Waals surface area contributed by atoms with Crippen LogP contribution in [0, 0.1) is 0 Å². The molecule has 4 nitrogen and oxygen atoms in total. The second-order valence-corrected chi connectivity index (χ2v) is 9.60. The predicted octanol–water partition coefficient (Wildman–Crippen LogP) is 6.24. The van der Waals surface area contributed by atoms with Crippen LogP contribution in [0.25, 0.3) is 16.5 Å². The minimum atomic E-state index is -0.293. The summed E-state index contributed by atoms with van der Waals surface area (Å²) in [6, 6.07) is 22.1. The molecule has 4 aromatic rings. The first-order chi connectivity index (χ1) is 15.2. The smallest absolute Gasteiger partial charge is 0.151 e. The van der Waals surface area contributed by atoms with Crippen LogP contribution in [0.15, 0.2) is 67.0 Å².